The van der Waals surface area contributed by atoms with Gasteiger partial charge in [-0.2, -0.15) is 0 Å². The normalized spacial score (nSPS) is 15.8. The molecule has 1 aromatic carbocycles. The summed E-state index contributed by atoms with van der Waals surface area (Å²) < 4.78 is 0. The Morgan fingerprint density at radius 1 is 1.47 bits per heavy atom. The van der Waals surface area contributed by atoms with Crippen molar-refractivity contribution in [3.63, 3.8) is 0 Å². The summed E-state index contributed by atoms with van der Waals surface area (Å²) in [6.07, 6.45) is 2.11. The lowest BCUT2D eigenvalue weighted by Gasteiger charge is -1.97. The van der Waals surface area contributed by atoms with Gasteiger partial charge in [0.2, 0.25) is 0 Å². The van der Waals surface area contributed by atoms with Gasteiger partial charge in [0, 0.05) is 11.5 Å². The quantitative estimate of drug-likeness (QED) is 0.757. The van der Waals surface area contributed by atoms with Crippen molar-refractivity contribution in [3.05, 3.63) is 29.6 Å². The fourth-order valence-corrected chi connectivity index (χ4v) is 1.87. The summed E-state index contributed by atoms with van der Waals surface area (Å²) in [5.74, 6) is 1.46. The van der Waals surface area contributed by atoms with Gasteiger partial charge >= 0.3 is 0 Å². The van der Waals surface area contributed by atoms with Crippen LogP contribution in [-0.2, 0) is 0 Å². The zero-order valence-electron chi connectivity index (χ0n) is 8.58. The van der Waals surface area contributed by atoms with Crippen LogP contribution in [0.3, 0.4) is 0 Å². The molecule has 0 atom stereocenters. The molecule has 0 radical (unpaired) electrons. The van der Waals surface area contributed by atoms with Crippen molar-refractivity contribution in [3.8, 4) is 0 Å². The molecule has 2 aromatic rings. The lowest BCUT2D eigenvalue weighted by atomic mass is 10.1. The summed E-state index contributed by atoms with van der Waals surface area (Å²) in [7, 11) is 0. The number of aromatic amines is 1. The number of carbonyl (C=O) groups is 1. The summed E-state index contributed by atoms with van der Waals surface area (Å²) in [5.41, 5.74) is 2.70. The molecule has 3 heteroatoms. The first-order valence-electron chi connectivity index (χ1n) is 5.24. The fraction of sp³-hybridized carbons (Fsp3) is 0.333. The number of benzene rings is 1. The van der Waals surface area contributed by atoms with E-state index in [9.17, 15) is 4.79 Å². The molecule has 0 spiro atoms. The molecule has 0 amide bonds. The van der Waals surface area contributed by atoms with Crippen LogP contribution in [0.4, 0.5) is 0 Å². The monoisotopic (exact) mass is 200 g/mol. The van der Waals surface area contributed by atoms with E-state index >= 15 is 0 Å². The lowest BCUT2D eigenvalue weighted by molar-refractivity contribution is 0.0968. The van der Waals surface area contributed by atoms with Gasteiger partial charge in [-0.25, -0.2) is 4.98 Å². The number of hydrogen-bond acceptors (Lipinski definition) is 2. The molecule has 76 valence electrons. The van der Waals surface area contributed by atoms with Gasteiger partial charge in [-0.1, -0.05) is 0 Å². The number of imidazole rings is 1. The molecule has 0 aliphatic heterocycles. The number of hydrogen-bond donors (Lipinski definition) is 1. The van der Waals surface area contributed by atoms with Crippen molar-refractivity contribution in [2.75, 3.05) is 0 Å². The second kappa shape index (κ2) is 2.92. The highest BCUT2D eigenvalue weighted by atomic mass is 16.1. The van der Waals surface area contributed by atoms with Crippen LogP contribution >= 0.6 is 0 Å². The van der Waals surface area contributed by atoms with Crippen LogP contribution in [0.1, 0.15) is 29.0 Å². The Balaban J connectivity index is 2.08. The van der Waals surface area contributed by atoms with E-state index in [4.69, 9.17) is 0 Å². The zero-order valence-corrected chi connectivity index (χ0v) is 8.58. The van der Waals surface area contributed by atoms with E-state index in [1.54, 1.807) is 0 Å². The Morgan fingerprint density at radius 3 is 3.00 bits per heavy atom. The first-order valence-corrected chi connectivity index (χ1v) is 5.24. The number of aromatic nitrogens is 2. The van der Waals surface area contributed by atoms with E-state index in [1.807, 2.05) is 25.1 Å². The topological polar surface area (TPSA) is 45.8 Å². The molecule has 1 saturated carbocycles. The Kier molecular flexibility index (Phi) is 1.69. The highest BCUT2D eigenvalue weighted by molar-refractivity contribution is 6.01. The third kappa shape index (κ3) is 1.44. The molecule has 3 rings (SSSR count). The minimum absolute atomic E-state index is 0.282. The van der Waals surface area contributed by atoms with Gasteiger partial charge < -0.3 is 4.98 Å². The number of rotatable bonds is 2. The van der Waals surface area contributed by atoms with Gasteiger partial charge in [0.15, 0.2) is 5.78 Å². The van der Waals surface area contributed by atoms with Crippen LogP contribution in [0.25, 0.3) is 11.0 Å². The van der Waals surface area contributed by atoms with Crippen LogP contribution in [0.15, 0.2) is 18.2 Å². The number of Topliss-reactive ketones (excluding diaryl/α,β-unsaturated/α-hetero) is 1. The first-order chi connectivity index (χ1) is 7.24. The number of carbonyl (C=O) groups excluding carboxylic acids is 1. The Hall–Kier alpha value is -1.64. The minimum atomic E-state index is 0.282. The van der Waals surface area contributed by atoms with Gasteiger partial charge in [-0.3, -0.25) is 4.79 Å². The van der Waals surface area contributed by atoms with Crippen molar-refractivity contribution >= 4 is 16.8 Å². The Morgan fingerprint density at radius 2 is 2.27 bits per heavy atom. The van der Waals surface area contributed by atoms with E-state index in [-0.39, 0.29) is 11.7 Å². The van der Waals surface area contributed by atoms with Crippen molar-refractivity contribution in [1.82, 2.24) is 9.97 Å². The maximum atomic E-state index is 11.8. The third-order valence-corrected chi connectivity index (χ3v) is 2.83. The molecular formula is C12H12N2O. The van der Waals surface area contributed by atoms with E-state index in [2.05, 4.69) is 9.97 Å². The number of nitrogens with one attached hydrogen (secondary N) is 1. The first kappa shape index (κ1) is 8.65. The lowest BCUT2D eigenvalue weighted by Crippen LogP contribution is -2.00. The van der Waals surface area contributed by atoms with Crippen LogP contribution in [0, 0.1) is 12.8 Å². The number of aryl methyl sites for hydroxylation is 1. The maximum absolute atomic E-state index is 11.8. The second-order valence-electron chi connectivity index (χ2n) is 4.19. The summed E-state index contributed by atoms with van der Waals surface area (Å²) in [6.45, 7) is 1.92. The van der Waals surface area contributed by atoms with Crippen molar-refractivity contribution < 1.29 is 4.79 Å². The number of nitrogens with zero attached hydrogens (tertiary/aromatic N) is 1. The summed E-state index contributed by atoms with van der Waals surface area (Å²) in [5, 5.41) is 0. The second-order valence-corrected chi connectivity index (χ2v) is 4.19. The van der Waals surface area contributed by atoms with Gasteiger partial charge in [0.05, 0.1) is 11.0 Å². The molecule has 0 saturated heterocycles. The summed E-state index contributed by atoms with van der Waals surface area (Å²) in [4.78, 5) is 19.3. The molecule has 1 aliphatic carbocycles. The van der Waals surface area contributed by atoms with Crippen LogP contribution in [0.5, 0.6) is 0 Å². The van der Waals surface area contributed by atoms with E-state index in [0.717, 1.165) is 35.3 Å². The SMILES string of the molecule is Cc1nc2ccc(C(=O)C3CC3)cc2[nH]1. The van der Waals surface area contributed by atoms with E-state index in [1.165, 1.54) is 0 Å². The Bertz CT molecular complexity index is 538. The average Bonchev–Trinajstić information content (AvgIpc) is 2.98. The predicted octanol–water partition coefficient (Wildman–Crippen LogP) is 2.46. The number of fused-ring (bicyclic) bond motifs is 1. The van der Waals surface area contributed by atoms with Crippen molar-refractivity contribution in [2.24, 2.45) is 5.92 Å². The van der Waals surface area contributed by atoms with Crippen molar-refractivity contribution in [1.29, 1.82) is 0 Å². The molecule has 15 heavy (non-hydrogen) atoms. The van der Waals surface area contributed by atoms with Crippen LogP contribution < -0.4 is 0 Å². The Labute approximate surface area is 87.5 Å². The molecule has 1 fully saturated rings. The largest absolute Gasteiger partial charge is 0.342 e. The number of H-pyrrole nitrogens is 1. The number of ketones is 1. The maximum Gasteiger partial charge on any atom is 0.166 e. The van der Waals surface area contributed by atoms with Gasteiger partial charge in [-0.15, -0.1) is 0 Å². The van der Waals surface area contributed by atoms with E-state index < -0.39 is 0 Å². The van der Waals surface area contributed by atoms with Gasteiger partial charge in [0.1, 0.15) is 5.82 Å². The summed E-state index contributed by atoms with van der Waals surface area (Å²) >= 11 is 0. The van der Waals surface area contributed by atoms with Gasteiger partial charge in [-0.05, 0) is 38.0 Å². The average molecular weight is 200 g/mol. The predicted molar refractivity (Wildman–Crippen MR) is 57.9 cm³/mol. The zero-order chi connectivity index (χ0) is 10.4. The van der Waals surface area contributed by atoms with Crippen molar-refractivity contribution in [2.45, 2.75) is 19.8 Å². The summed E-state index contributed by atoms with van der Waals surface area (Å²) in [6, 6.07) is 5.70. The third-order valence-electron chi connectivity index (χ3n) is 2.83. The van der Waals surface area contributed by atoms with Crippen LogP contribution in [-0.4, -0.2) is 15.8 Å². The highest BCUT2D eigenvalue weighted by Gasteiger charge is 2.30. The molecule has 1 aliphatic rings. The fourth-order valence-electron chi connectivity index (χ4n) is 1.87. The van der Waals surface area contributed by atoms with Crippen LogP contribution in [0.2, 0.25) is 0 Å². The standard InChI is InChI=1S/C12H12N2O/c1-7-13-10-5-4-9(6-11(10)14-7)12(15)8-2-3-8/h4-6,8H,2-3H2,1H3,(H,13,14). The molecule has 1 aromatic heterocycles. The molecule has 0 unspecified atom stereocenters. The molecule has 0 bridgehead atoms. The highest BCUT2D eigenvalue weighted by Crippen LogP contribution is 2.33. The van der Waals surface area contributed by atoms with E-state index in [0.29, 0.717) is 0 Å². The molecule has 1 N–H and O–H groups in total. The molecule has 3 nitrogen and oxygen atoms in total. The minimum Gasteiger partial charge on any atom is -0.342 e. The smallest absolute Gasteiger partial charge is 0.166 e. The van der Waals surface area contributed by atoms with Gasteiger partial charge in [0.25, 0.3) is 0 Å². The molecule has 1 heterocycles. The molecular weight excluding hydrogens is 188 g/mol.